The van der Waals surface area contributed by atoms with E-state index in [1.807, 2.05) is 0 Å². The molecule has 0 rings (SSSR count). The van der Waals surface area contributed by atoms with Crippen LogP contribution >= 0.6 is 0 Å². The molecule has 10 heavy (non-hydrogen) atoms. The molecule has 0 saturated heterocycles. The lowest BCUT2D eigenvalue weighted by atomic mass is 10.3. The first kappa shape index (κ1) is 9.00. The number of Topliss-reactive ketones (excluding diaryl/α,β-unsaturated/α-hetero) is 1. The van der Waals surface area contributed by atoms with E-state index in [4.69, 9.17) is 5.11 Å². The minimum Gasteiger partial charge on any atom is -0.504 e. The Labute approximate surface area is 55.0 Å². The van der Waals surface area contributed by atoms with Gasteiger partial charge >= 0.3 is 6.18 Å². The van der Waals surface area contributed by atoms with Crippen LogP contribution in [-0.4, -0.2) is 17.1 Å². The number of hydrogen-bond donors (Lipinski definition) is 1. The molecule has 58 valence electrons. The van der Waals surface area contributed by atoms with E-state index < -0.39 is 17.7 Å². The maximum atomic E-state index is 11.3. The van der Waals surface area contributed by atoms with Gasteiger partial charge in [-0.3, -0.25) is 4.79 Å². The van der Waals surface area contributed by atoms with E-state index in [9.17, 15) is 18.0 Å². The third kappa shape index (κ3) is 2.08. The van der Waals surface area contributed by atoms with Crippen molar-refractivity contribution in [3.05, 3.63) is 11.8 Å². The van der Waals surface area contributed by atoms with E-state index in [1.165, 1.54) is 0 Å². The van der Waals surface area contributed by atoms with Gasteiger partial charge in [0.1, 0.15) is 0 Å². The molecular formula is C5H5F3O2. The summed E-state index contributed by atoms with van der Waals surface area (Å²) in [6.07, 6.45) is -4.29. The first-order valence-corrected chi connectivity index (χ1v) is 2.36. The third-order valence-electron chi connectivity index (χ3n) is 0.764. The molecule has 0 heterocycles. The van der Waals surface area contributed by atoms with Gasteiger partial charge in [0, 0.05) is 0 Å². The number of aliphatic hydroxyl groups excluding tert-OH is 1. The maximum Gasteiger partial charge on any atom is 0.458 e. The molecule has 0 saturated carbocycles. The summed E-state index contributed by atoms with van der Waals surface area (Å²) in [5, 5.41) is 8.25. The number of ketones is 1. The highest BCUT2D eigenvalue weighted by molar-refractivity contribution is 5.97. The Hall–Kier alpha value is -1.00. The second kappa shape index (κ2) is 2.72. The Morgan fingerprint density at radius 3 is 2.00 bits per heavy atom. The molecular weight excluding hydrogens is 149 g/mol. The molecule has 0 bridgehead atoms. The Bertz CT molecular complexity index is 168. The van der Waals surface area contributed by atoms with Gasteiger partial charge < -0.3 is 5.11 Å². The van der Waals surface area contributed by atoms with Crippen LogP contribution in [0, 0.1) is 0 Å². The smallest absolute Gasteiger partial charge is 0.458 e. The zero-order valence-electron chi connectivity index (χ0n) is 5.07. The van der Waals surface area contributed by atoms with Gasteiger partial charge in [0.25, 0.3) is 5.78 Å². The summed E-state index contributed by atoms with van der Waals surface area (Å²) in [7, 11) is 0. The predicted molar refractivity (Wildman–Crippen MR) is 27.4 cm³/mol. The second-order valence-electron chi connectivity index (χ2n) is 1.50. The molecule has 0 spiro atoms. The fourth-order valence-corrected chi connectivity index (χ4v) is 0.276. The van der Waals surface area contributed by atoms with Crippen LogP contribution in [0.3, 0.4) is 0 Å². The van der Waals surface area contributed by atoms with Gasteiger partial charge in [0.05, 0.1) is 0 Å². The number of allylic oxidation sites excluding steroid dienone is 2. The highest BCUT2D eigenvalue weighted by Crippen LogP contribution is 2.18. The van der Waals surface area contributed by atoms with Crippen LogP contribution in [0.25, 0.3) is 0 Å². The molecule has 0 unspecified atom stereocenters. The fourth-order valence-electron chi connectivity index (χ4n) is 0.276. The lowest BCUT2D eigenvalue weighted by Crippen LogP contribution is -2.24. The summed E-state index contributed by atoms with van der Waals surface area (Å²) >= 11 is 0. The standard InChI is InChI=1S/C5H5F3O2/c1-2-3(9)4(10)5(6,7)8/h2,9H,1H3/b3-2+. The van der Waals surface area contributed by atoms with Gasteiger partial charge in [-0.15, -0.1) is 0 Å². The van der Waals surface area contributed by atoms with Gasteiger partial charge in [-0.1, -0.05) is 0 Å². The quantitative estimate of drug-likeness (QED) is 0.459. The van der Waals surface area contributed by atoms with Gasteiger partial charge in [0.2, 0.25) is 0 Å². The molecule has 0 aliphatic heterocycles. The molecule has 1 N–H and O–H groups in total. The lowest BCUT2D eigenvalue weighted by Gasteiger charge is -2.01. The summed E-state index contributed by atoms with van der Waals surface area (Å²) in [6.45, 7) is 1.14. The van der Waals surface area contributed by atoms with Crippen molar-refractivity contribution in [3.8, 4) is 0 Å². The highest BCUT2D eigenvalue weighted by atomic mass is 19.4. The normalized spacial score (nSPS) is 13.4. The second-order valence-corrected chi connectivity index (χ2v) is 1.50. The molecule has 0 aromatic heterocycles. The monoisotopic (exact) mass is 154 g/mol. The van der Waals surface area contributed by atoms with Crippen molar-refractivity contribution in [3.63, 3.8) is 0 Å². The number of rotatable bonds is 1. The Morgan fingerprint density at radius 2 is 1.90 bits per heavy atom. The Balaban J connectivity index is 4.39. The first-order chi connectivity index (χ1) is 4.39. The first-order valence-electron chi connectivity index (χ1n) is 2.36. The van der Waals surface area contributed by atoms with Gasteiger partial charge in [-0.05, 0) is 13.0 Å². The average Bonchev–Trinajstić information content (AvgIpc) is 1.83. The summed E-state index contributed by atoms with van der Waals surface area (Å²) in [6, 6.07) is 0. The van der Waals surface area contributed by atoms with Crippen LogP contribution in [0.2, 0.25) is 0 Å². The Kier molecular flexibility index (Phi) is 2.45. The van der Waals surface area contributed by atoms with Gasteiger partial charge in [-0.25, -0.2) is 0 Å². The molecule has 0 aliphatic carbocycles. The molecule has 0 fully saturated rings. The molecule has 0 amide bonds. The van der Waals surface area contributed by atoms with E-state index in [0.29, 0.717) is 6.08 Å². The zero-order valence-corrected chi connectivity index (χ0v) is 5.07. The predicted octanol–water partition coefficient (Wildman–Crippen LogP) is 1.58. The molecule has 0 aliphatic rings. The Morgan fingerprint density at radius 1 is 1.50 bits per heavy atom. The summed E-state index contributed by atoms with van der Waals surface area (Å²) < 4.78 is 34.0. The van der Waals surface area contributed by atoms with E-state index in [1.54, 1.807) is 0 Å². The van der Waals surface area contributed by atoms with Crippen molar-refractivity contribution in [1.29, 1.82) is 0 Å². The van der Waals surface area contributed by atoms with E-state index in [0.717, 1.165) is 6.92 Å². The van der Waals surface area contributed by atoms with E-state index >= 15 is 0 Å². The van der Waals surface area contributed by atoms with Crippen molar-refractivity contribution in [1.82, 2.24) is 0 Å². The summed E-state index contributed by atoms with van der Waals surface area (Å²) in [5.74, 6) is -3.48. The lowest BCUT2D eigenvalue weighted by molar-refractivity contribution is -0.169. The van der Waals surface area contributed by atoms with Crippen LogP contribution in [-0.2, 0) is 4.79 Å². The SMILES string of the molecule is C/C=C(/O)C(=O)C(F)(F)F. The molecule has 0 aromatic carbocycles. The van der Waals surface area contributed by atoms with Crippen LogP contribution in [0.1, 0.15) is 6.92 Å². The number of aliphatic hydroxyl groups is 1. The topological polar surface area (TPSA) is 37.3 Å². The number of carbonyl (C=O) groups excluding carboxylic acids is 1. The van der Waals surface area contributed by atoms with Crippen molar-refractivity contribution in [2.75, 3.05) is 0 Å². The molecule has 0 atom stereocenters. The molecule has 0 aromatic rings. The van der Waals surface area contributed by atoms with Crippen molar-refractivity contribution < 1.29 is 23.1 Å². The number of halogens is 3. The van der Waals surface area contributed by atoms with Crippen LogP contribution in [0.15, 0.2) is 11.8 Å². The average molecular weight is 154 g/mol. The number of alkyl halides is 3. The minimum atomic E-state index is -4.98. The highest BCUT2D eigenvalue weighted by Gasteiger charge is 2.40. The summed E-state index contributed by atoms with van der Waals surface area (Å²) in [4.78, 5) is 9.95. The number of hydrogen-bond acceptors (Lipinski definition) is 2. The fraction of sp³-hybridized carbons (Fsp3) is 0.400. The van der Waals surface area contributed by atoms with Gasteiger partial charge in [0.15, 0.2) is 5.76 Å². The van der Waals surface area contributed by atoms with Gasteiger partial charge in [-0.2, -0.15) is 13.2 Å². The largest absolute Gasteiger partial charge is 0.504 e. The van der Waals surface area contributed by atoms with Crippen LogP contribution in [0.4, 0.5) is 13.2 Å². The van der Waals surface area contributed by atoms with E-state index in [2.05, 4.69) is 0 Å². The molecule has 5 heteroatoms. The van der Waals surface area contributed by atoms with Crippen molar-refractivity contribution in [2.24, 2.45) is 0 Å². The number of carbonyl (C=O) groups is 1. The summed E-state index contributed by atoms with van der Waals surface area (Å²) in [5.41, 5.74) is 0. The zero-order chi connectivity index (χ0) is 8.36. The van der Waals surface area contributed by atoms with Crippen molar-refractivity contribution >= 4 is 5.78 Å². The minimum absolute atomic E-state index is 0.690. The van der Waals surface area contributed by atoms with Crippen molar-refractivity contribution in [2.45, 2.75) is 13.1 Å². The maximum absolute atomic E-state index is 11.3. The third-order valence-corrected chi connectivity index (χ3v) is 0.764. The molecule has 2 nitrogen and oxygen atoms in total. The molecule has 0 radical (unpaired) electrons. The van der Waals surface area contributed by atoms with Crippen LogP contribution in [0.5, 0.6) is 0 Å². The van der Waals surface area contributed by atoms with Crippen LogP contribution < -0.4 is 0 Å². The van der Waals surface area contributed by atoms with E-state index in [-0.39, 0.29) is 0 Å².